The van der Waals surface area contributed by atoms with Crippen LogP contribution < -0.4 is 30.0 Å². The lowest BCUT2D eigenvalue weighted by atomic mass is 10.2. The average molecular weight is 360 g/mol. The Morgan fingerprint density at radius 3 is 2.27 bits per heavy atom. The molecule has 0 atom stereocenters. The van der Waals surface area contributed by atoms with E-state index in [1.807, 2.05) is 0 Å². The molecule has 26 heavy (non-hydrogen) atoms. The van der Waals surface area contributed by atoms with Crippen LogP contribution in [0.4, 0.5) is 5.69 Å². The molecule has 0 saturated carbocycles. The number of ether oxygens (including phenoxy) is 4. The lowest BCUT2D eigenvalue weighted by molar-refractivity contribution is -0.118. The molecule has 3 N–H and O–H groups in total. The van der Waals surface area contributed by atoms with Gasteiger partial charge in [-0.3, -0.25) is 9.59 Å². The van der Waals surface area contributed by atoms with Crippen molar-refractivity contribution in [2.45, 2.75) is 0 Å². The number of hydrogen-bond acceptors (Lipinski definition) is 6. The van der Waals surface area contributed by atoms with Gasteiger partial charge >= 0.3 is 0 Å². The molecular weight excluding hydrogens is 340 g/mol. The van der Waals surface area contributed by atoms with Gasteiger partial charge in [-0.1, -0.05) is 0 Å². The minimum absolute atomic E-state index is 0.157. The Balaban J connectivity index is 2.06. The highest BCUT2D eigenvalue weighted by Crippen LogP contribution is 2.30. The Kier molecular flexibility index (Phi) is 6.26. The van der Waals surface area contributed by atoms with Gasteiger partial charge in [0.1, 0.15) is 11.5 Å². The largest absolute Gasteiger partial charge is 0.497 e. The first-order valence-electron chi connectivity index (χ1n) is 7.61. The Hall–Kier alpha value is -3.42. The van der Waals surface area contributed by atoms with Crippen molar-refractivity contribution in [2.75, 3.05) is 33.3 Å². The van der Waals surface area contributed by atoms with E-state index in [1.165, 1.54) is 33.5 Å². The van der Waals surface area contributed by atoms with E-state index in [0.29, 0.717) is 22.9 Å². The summed E-state index contributed by atoms with van der Waals surface area (Å²) < 4.78 is 20.8. The molecule has 0 aliphatic carbocycles. The number of anilines is 1. The molecule has 0 unspecified atom stereocenters. The van der Waals surface area contributed by atoms with Crippen molar-refractivity contribution >= 4 is 17.5 Å². The Bertz CT molecular complexity index is 806. The number of carbonyl (C=O) groups excluding carboxylic acids is 2. The number of amides is 2. The standard InChI is InChI=1S/C18H20N2O6/c1-23-12-5-6-13(18(19)22)15(9-12)26-10-17(21)20-11-4-7-14(24-2)16(8-11)25-3/h4-9H,10H2,1-3H3,(H2,19,22)(H,20,21). The van der Waals surface area contributed by atoms with E-state index in [2.05, 4.69) is 5.32 Å². The van der Waals surface area contributed by atoms with Crippen molar-refractivity contribution < 1.29 is 28.5 Å². The number of rotatable bonds is 8. The number of nitrogens with one attached hydrogen (secondary N) is 1. The average Bonchev–Trinajstić information content (AvgIpc) is 2.65. The summed E-state index contributed by atoms with van der Waals surface area (Å²) in [6.07, 6.45) is 0. The minimum Gasteiger partial charge on any atom is -0.497 e. The smallest absolute Gasteiger partial charge is 0.262 e. The predicted molar refractivity (Wildman–Crippen MR) is 95.2 cm³/mol. The minimum atomic E-state index is -0.664. The SMILES string of the molecule is COc1ccc(C(N)=O)c(OCC(=O)Nc2ccc(OC)c(OC)c2)c1. The Morgan fingerprint density at radius 1 is 0.923 bits per heavy atom. The van der Waals surface area contributed by atoms with Gasteiger partial charge in [0.25, 0.3) is 11.8 Å². The van der Waals surface area contributed by atoms with Crippen LogP contribution in [0.2, 0.25) is 0 Å². The molecule has 0 saturated heterocycles. The van der Waals surface area contributed by atoms with E-state index in [9.17, 15) is 9.59 Å². The number of primary amides is 1. The zero-order chi connectivity index (χ0) is 19.1. The molecule has 0 aliphatic heterocycles. The zero-order valence-electron chi connectivity index (χ0n) is 14.7. The van der Waals surface area contributed by atoms with Gasteiger partial charge in [0.2, 0.25) is 0 Å². The Labute approximate surface area is 150 Å². The highest BCUT2D eigenvalue weighted by molar-refractivity contribution is 5.96. The summed E-state index contributed by atoms with van der Waals surface area (Å²) in [5, 5.41) is 2.67. The molecule has 138 valence electrons. The van der Waals surface area contributed by atoms with E-state index in [0.717, 1.165) is 0 Å². The summed E-state index contributed by atoms with van der Waals surface area (Å²) in [7, 11) is 4.50. The van der Waals surface area contributed by atoms with Crippen LogP contribution >= 0.6 is 0 Å². The fourth-order valence-corrected chi connectivity index (χ4v) is 2.21. The second-order valence-corrected chi connectivity index (χ2v) is 5.13. The zero-order valence-corrected chi connectivity index (χ0v) is 14.7. The van der Waals surface area contributed by atoms with Crippen LogP contribution in [-0.2, 0) is 4.79 Å². The van der Waals surface area contributed by atoms with Gasteiger partial charge in [-0.15, -0.1) is 0 Å². The molecule has 2 aromatic carbocycles. The van der Waals surface area contributed by atoms with Crippen LogP contribution in [0.3, 0.4) is 0 Å². The molecule has 0 heterocycles. The maximum absolute atomic E-state index is 12.1. The highest BCUT2D eigenvalue weighted by atomic mass is 16.5. The molecule has 0 spiro atoms. The number of carbonyl (C=O) groups is 2. The van der Waals surface area contributed by atoms with Crippen molar-refractivity contribution in [3.63, 3.8) is 0 Å². The fraction of sp³-hybridized carbons (Fsp3) is 0.222. The molecule has 2 aromatic rings. The Morgan fingerprint density at radius 2 is 1.65 bits per heavy atom. The van der Waals surface area contributed by atoms with Gasteiger partial charge in [-0.2, -0.15) is 0 Å². The molecule has 2 rings (SSSR count). The van der Waals surface area contributed by atoms with Crippen molar-refractivity contribution in [3.05, 3.63) is 42.0 Å². The van der Waals surface area contributed by atoms with Crippen molar-refractivity contribution in [1.82, 2.24) is 0 Å². The van der Waals surface area contributed by atoms with Crippen LogP contribution in [-0.4, -0.2) is 39.8 Å². The maximum Gasteiger partial charge on any atom is 0.262 e. The third-order valence-electron chi connectivity index (χ3n) is 3.48. The second-order valence-electron chi connectivity index (χ2n) is 5.13. The second kappa shape index (κ2) is 8.61. The molecule has 2 amide bonds. The summed E-state index contributed by atoms with van der Waals surface area (Å²) in [6.45, 7) is -0.318. The molecule has 0 aromatic heterocycles. The van der Waals surface area contributed by atoms with Gasteiger partial charge in [0, 0.05) is 17.8 Å². The summed E-state index contributed by atoms with van der Waals surface area (Å²) in [4.78, 5) is 23.6. The number of methoxy groups -OCH3 is 3. The van der Waals surface area contributed by atoms with E-state index in [4.69, 9.17) is 24.7 Å². The summed E-state index contributed by atoms with van der Waals surface area (Å²) in [6, 6.07) is 9.50. The van der Waals surface area contributed by atoms with E-state index in [1.54, 1.807) is 24.3 Å². The topological polar surface area (TPSA) is 109 Å². The van der Waals surface area contributed by atoms with Crippen molar-refractivity contribution in [1.29, 1.82) is 0 Å². The predicted octanol–water partition coefficient (Wildman–Crippen LogP) is 1.83. The van der Waals surface area contributed by atoms with Crippen LogP contribution in [0.25, 0.3) is 0 Å². The molecule has 8 heteroatoms. The monoisotopic (exact) mass is 360 g/mol. The lowest BCUT2D eigenvalue weighted by Gasteiger charge is -2.12. The van der Waals surface area contributed by atoms with Crippen molar-refractivity contribution in [2.24, 2.45) is 5.73 Å². The normalized spacial score (nSPS) is 9.96. The van der Waals surface area contributed by atoms with E-state index >= 15 is 0 Å². The summed E-state index contributed by atoms with van der Waals surface area (Å²) >= 11 is 0. The van der Waals surface area contributed by atoms with Gasteiger partial charge in [-0.05, 0) is 24.3 Å². The first-order valence-corrected chi connectivity index (χ1v) is 7.61. The summed E-state index contributed by atoms with van der Waals surface area (Å²) in [5.74, 6) is 0.585. The first-order chi connectivity index (χ1) is 12.5. The number of nitrogens with two attached hydrogens (primary N) is 1. The van der Waals surface area contributed by atoms with Crippen molar-refractivity contribution in [3.8, 4) is 23.0 Å². The quantitative estimate of drug-likeness (QED) is 0.743. The van der Waals surface area contributed by atoms with Gasteiger partial charge < -0.3 is 30.0 Å². The maximum atomic E-state index is 12.1. The van der Waals surface area contributed by atoms with Crippen LogP contribution in [0, 0.1) is 0 Å². The van der Waals surface area contributed by atoms with Crippen LogP contribution in [0.15, 0.2) is 36.4 Å². The summed E-state index contributed by atoms with van der Waals surface area (Å²) in [5.41, 5.74) is 5.98. The van der Waals surface area contributed by atoms with E-state index in [-0.39, 0.29) is 17.9 Å². The first kappa shape index (κ1) is 18.9. The van der Waals surface area contributed by atoms with Gasteiger partial charge in [0.15, 0.2) is 18.1 Å². The molecule has 0 fully saturated rings. The number of benzene rings is 2. The lowest BCUT2D eigenvalue weighted by Crippen LogP contribution is -2.21. The third-order valence-corrected chi connectivity index (χ3v) is 3.48. The molecule has 0 bridgehead atoms. The van der Waals surface area contributed by atoms with Gasteiger partial charge in [0.05, 0.1) is 26.9 Å². The van der Waals surface area contributed by atoms with Gasteiger partial charge in [-0.25, -0.2) is 0 Å². The molecule has 0 radical (unpaired) electrons. The fourth-order valence-electron chi connectivity index (χ4n) is 2.21. The molecule has 8 nitrogen and oxygen atoms in total. The highest BCUT2D eigenvalue weighted by Gasteiger charge is 2.13. The van der Waals surface area contributed by atoms with Crippen LogP contribution in [0.5, 0.6) is 23.0 Å². The third kappa shape index (κ3) is 4.56. The van der Waals surface area contributed by atoms with E-state index < -0.39 is 11.8 Å². The number of hydrogen-bond donors (Lipinski definition) is 2. The van der Waals surface area contributed by atoms with Crippen LogP contribution in [0.1, 0.15) is 10.4 Å². The molecule has 0 aliphatic rings. The molecular formula is C18H20N2O6.